The molecule has 0 amide bonds. The molecule has 1 rings (SSSR count). The average molecular weight is 252 g/mol. The third kappa shape index (κ3) is 2.61. The number of benzene rings is 1. The highest BCUT2D eigenvalue weighted by Gasteiger charge is 2.09. The number of anilines is 1. The molecule has 0 unspecified atom stereocenters. The van der Waals surface area contributed by atoms with E-state index >= 15 is 0 Å². The first-order chi connectivity index (χ1) is 6.65. The van der Waals surface area contributed by atoms with Gasteiger partial charge >= 0.3 is 0 Å². The van der Waals surface area contributed by atoms with E-state index in [1.807, 2.05) is 0 Å². The van der Waals surface area contributed by atoms with Crippen molar-refractivity contribution in [3.8, 4) is 12.3 Å². The molecule has 0 radical (unpaired) electrons. The maximum absolute atomic E-state index is 11.6. The average Bonchev–Trinajstić information content (AvgIpc) is 2.18. The van der Waals surface area contributed by atoms with Crippen molar-refractivity contribution < 1.29 is 4.79 Å². The summed E-state index contributed by atoms with van der Waals surface area (Å²) in [4.78, 5) is 11.6. The standard InChI is InChI=1S/C11H10BrNO/c1-2-3-4-11(14)9-7-8(13)5-6-10(9)12/h1,5-7H,3-4,13H2. The van der Waals surface area contributed by atoms with Crippen LogP contribution in [0.1, 0.15) is 23.2 Å². The van der Waals surface area contributed by atoms with Gasteiger partial charge in [0, 0.05) is 28.6 Å². The molecule has 14 heavy (non-hydrogen) atoms. The van der Waals surface area contributed by atoms with E-state index in [9.17, 15) is 4.79 Å². The number of terminal acetylenes is 1. The fourth-order valence-corrected chi connectivity index (χ4v) is 1.54. The zero-order chi connectivity index (χ0) is 10.6. The van der Waals surface area contributed by atoms with Gasteiger partial charge in [-0.15, -0.1) is 12.3 Å². The van der Waals surface area contributed by atoms with Gasteiger partial charge in [0.1, 0.15) is 0 Å². The summed E-state index contributed by atoms with van der Waals surface area (Å²) in [6, 6.07) is 5.16. The fourth-order valence-electron chi connectivity index (χ4n) is 1.08. The molecule has 0 aliphatic rings. The predicted octanol–water partition coefficient (Wildman–Crippen LogP) is 2.63. The van der Waals surface area contributed by atoms with Crippen LogP contribution in [0.5, 0.6) is 0 Å². The number of hydrogen-bond acceptors (Lipinski definition) is 2. The first kappa shape index (κ1) is 10.8. The molecular weight excluding hydrogens is 242 g/mol. The molecule has 1 aromatic carbocycles. The van der Waals surface area contributed by atoms with E-state index in [2.05, 4.69) is 21.9 Å². The number of rotatable bonds is 3. The van der Waals surface area contributed by atoms with Crippen molar-refractivity contribution in [3.63, 3.8) is 0 Å². The van der Waals surface area contributed by atoms with Crippen molar-refractivity contribution in [3.05, 3.63) is 28.2 Å². The van der Waals surface area contributed by atoms with Gasteiger partial charge in [-0.1, -0.05) is 15.9 Å². The Morgan fingerprint density at radius 1 is 1.57 bits per heavy atom. The summed E-state index contributed by atoms with van der Waals surface area (Å²) in [6.45, 7) is 0. The summed E-state index contributed by atoms with van der Waals surface area (Å²) < 4.78 is 0.758. The lowest BCUT2D eigenvalue weighted by Crippen LogP contribution is -2.00. The van der Waals surface area contributed by atoms with E-state index in [0.29, 0.717) is 24.1 Å². The van der Waals surface area contributed by atoms with Crippen LogP contribution in [-0.2, 0) is 0 Å². The maximum atomic E-state index is 11.6. The van der Waals surface area contributed by atoms with Crippen LogP contribution in [0.4, 0.5) is 5.69 Å². The minimum atomic E-state index is 0.0159. The molecule has 72 valence electrons. The second kappa shape index (κ2) is 4.83. The maximum Gasteiger partial charge on any atom is 0.165 e. The number of nitrogens with two attached hydrogens (primary N) is 1. The molecule has 0 spiro atoms. The van der Waals surface area contributed by atoms with E-state index in [4.69, 9.17) is 12.2 Å². The highest BCUT2D eigenvalue weighted by Crippen LogP contribution is 2.21. The van der Waals surface area contributed by atoms with Gasteiger partial charge in [-0.3, -0.25) is 4.79 Å². The molecule has 0 saturated carbocycles. The Bertz CT molecular complexity index is 393. The quantitative estimate of drug-likeness (QED) is 0.510. The number of hydrogen-bond donors (Lipinski definition) is 1. The largest absolute Gasteiger partial charge is 0.399 e. The molecule has 2 nitrogen and oxygen atoms in total. The first-order valence-electron chi connectivity index (χ1n) is 4.17. The number of ketones is 1. The summed E-state index contributed by atoms with van der Waals surface area (Å²) in [5.74, 6) is 2.45. The van der Waals surface area contributed by atoms with E-state index in [1.54, 1.807) is 18.2 Å². The molecule has 0 bridgehead atoms. The lowest BCUT2D eigenvalue weighted by Gasteiger charge is -2.03. The van der Waals surface area contributed by atoms with Gasteiger partial charge in [0.05, 0.1) is 0 Å². The molecular formula is C11H10BrNO. The summed E-state index contributed by atoms with van der Waals surface area (Å²) >= 11 is 3.29. The Kier molecular flexibility index (Phi) is 3.73. The second-order valence-corrected chi connectivity index (χ2v) is 3.72. The zero-order valence-electron chi connectivity index (χ0n) is 7.59. The second-order valence-electron chi connectivity index (χ2n) is 2.87. The highest BCUT2D eigenvalue weighted by molar-refractivity contribution is 9.10. The van der Waals surface area contributed by atoms with E-state index in [1.165, 1.54) is 0 Å². The van der Waals surface area contributed by atoms with E-state index < -0.39 is 0 Å². The minimum Gasteiger partial charge on any atom is -0.399 e. The number of nitrogen functional groups attached to an aromatic ring is 1. The van der Waals surface area contributed by atoms with Crippen LogP contribution >= 0.6 is 15.9 Å². The molecule has 3 heteroatoms. The van der Waals surface area contributed by atoms with Crippen LogP contribution in [0.15, 0.2) is 22.7 Å². The minimum absolute atomic E-state index is 0.0159. The number of halogens is 1. The zero-order valence-corrected chi connectivity index (χ0v) is 9.17. The Morgan fingerprint density at radius 2 is 2.29 bits per heavy atom. The molecule has 0 aliphatic heterocycles. The van der Waals surface area contributed by atoms with Crippen LogP contribution in [0.2, 0.25) is 0 Å². The fraction of sp³-hybridized carbons (Fsp3) is 0.182. The van der Waals surface area contributed by atoms with Gasteiger partial charge in [-0.25, -0.2) is 0 Å². The summed E-state index contributed by atoms with van der Waals surface area (Å²) in [5, 5.41) is 0. The monoisotopic (exact) mass is 251 g/mol. The van der Waals surface area contributed by atoms with Crippen molar-refractivity contribution >= 4 is 27.4 Å². The van der Waals surface area contributed by atoms with Crippen LogP contribution in [0, 0.1) is 12.3 Å². The third-order valence-electron chi connectivity index (χ3n) is 1.79. The smallest absolute Gasteiger partial charge is 0.165 e. The van der Waals surface area contributed by atoms with Crippen molar-refractivity contribution in [2.45, 2.75) is 12.8 Å². The van der Waals surface area contributed by atoms with E-state index in [-0.39, 0.29) is 5.78 Å². The van der Waals surface area contributed by atoms with Gasteiger partial charge < -0.3 is 5.73 Å². The van der Waals surface area contributed by atoms with Gasteiger partial charge in [-0.2, -0.15) is 0 Å². The molecule has 0 heterocycles. The Morgan fingerprint density at radius 3 is 2.93 bits per heavy atom. The third-order valence-corrected chi connectivity index (χ3v) is 2.48. The summed E-state index contributed by atoms with van der Waals surface area (Å²) in [7, 11) is 0. The number of Topliss-reactive ketones (excluding diaryl/α,β-unsaturated/α-hetero) is 1. The molecule has 0 aromatic heterocycles. The van der Waals surface area contributed by atoms with Gasteiger partial charge in [0.2, 0.25) is 0 Å². The Hall–Kier alpha value is -1.27. The van der Waals surface area contributed by atoms with Crippen LogP contribution in [-0.4, -0.2) is 5.78 Å². The molecule has 0 fully saturated rings. The molecule has 0 aliphatic carbocycles. The van der Waals surface area contributed by atoms with Gasteiger partial charge in [0.15, 0.2) is 5.78 Å². The molecule has 2 N–H and O–H groups in total. The van der Waals surface area contributed by atoms with Crippen LogP contribution < -0.4 is 5.73 Å². The molecule has 0 atom stereocenters. The molecule has 1 aromatic rings. The van der Waals surface area contributed by atoms with Crippen LogP contribution in [0.3, 0.4) is 0 Å². The normalized spacial score (nSPS) is 9.43. The van der Waals surface area contributed by atoms with E-state index in [0.717, 1.165) is 4.47 Å². The Balaban J connectivity index is 2.90. The summed E-state index contributed by atoms with van der Waals surface area (Å²) in [6.07, 6.45) is 5.90. The van der Waals surface area contributed by atoms with Crippen molar-refractivity contribution in [1.82, 2.24) is 0 Å². The number of carbonyl (C=O) groups is 1. The highest BCUT2D eigenvalue weighted by atomic mass is 79.9. The SMILES string of the molecule is C#CCCC(=O)c1cc(N)ccc1Br. The predicted molar refractivity (Wildman–Crippen MR) is 61.0 cm³/mol. The van der Waals surface area contributed by atoms with Crippen molar-refractivity contribution in [2.24, 2.45) is 0 Å². The topological polar surface area (TPSA) is 43.1 Å². The van der Waals surface area contributed by atoms with Crippen LogP contribution in [0.25, 0.3) is 0 Å². The Labute approximate surface area is 91.6 Å². The lowest BCUT2D eigenvalue weighted by molar-refractivity contribution is 0.0983. The van der Waals surface area contributed by atoms with Gasteiger partial charge in [-0.05, 0) is 18.2 Å². The summed E-state index contributed by atoms with van der Waals surface area (Å²) in [5.41, 5.74) is 6.76. The first-order valence-corrected chi connectivity index (χ1v) is 4.96. The molecule has 0 saturated heterocycles. The number of carbonyl (C=O) groups excluding carboxylic acids is 1. The lowest BCUT2D eigenvalue weighted by atomic mass is 10.1. The van der Waals surface area contributed by atoms with Crippen molar-refractivity contribution in [2.75, 3.05) is 5.73 Å². The van der Waals surface area contributed by atoms with Crippen molar-refractivity contribution in [1.29, 1.82) is 0 Å². The van der Waals surface area contributed by atoms with Gasteiger partial charge in [0.25, 0.3) is 0 Å².